The summed E-state index contributed by atoms with van der Waals surface area (Å²) in [6.07, 6.45) is 3.75. The van der Waals surface area contributed by atoms with Crippen LogP contribution in [0.3, 0.4) is 0 Å². The number of hydrogen-bond donors (Lipinski definition) is 0. The van der Waals surface area contributed by atoms with Crippen LogP contribution < -0.4 is 9.64 Å². The van der Waals surface area contributed by atoms with Gasteiger partial charge in [-0.2, -0.15) is 0 Å². The average Bonchev–Trinajstić information content (AvgIpc) is 3.03. The van der Waals surface area contributed by atoms with Crippen LogP contribution in [0, 0.1) is 0 Å². The molecule has 0 N–H and O–H groups in total. The number of fused-ring (bicyclic) bond motifs is 1. The van der Waals surface area contributed by atoms with Crippen LogP contribution >= 0.6 is 11.8 Å². The minimum absolute atomic E-state index is 0.835. The van der Waals surface area contributed by atoms with Crippen molar-refractivity contribution in [2.24, 2.45) is 0 Å². The largest absolute Gasteiger partial charge is 0.495 e. The van der Waals surface area contributed by atoms with Gasteiger partial charge in [0.2, 0.25) is 0 Å². The Bertz CT molecular complexity index is 829. The van der Waals surface area contributed by atoms with Crippen LogP contribution in [-0.4, -0.2) is 41.3 Å². The molecular weight excluding hydrogens is 308 g/mol. The molecule has 1 aromatic carbocycles. The summed E-state index contributed by atoms with van der Waals surface area (Å²) in [5.74, 6) is 1.80. The first-order chi connectivity index (χ1) is 11.1. The van der Waals surface area contributed by atoms with E-state index in [1.807, 2.05) is 41.7 Å². The van der Waals surface area contributed by atoms with Gasteiger partial charge in [0.1, 0.15) is 11.4 Å². The number of anilines is 1. The van der Waals surface area contributed by atoms with E-state index < -0.39 is 0 Å². The number of nitrogens with zero attached hydrogens (tertiary/aromatic N) is 4. The molecule has 120 valence electrons. The number of aromatic nitrogens is 3. The van der Waals surface area contributed by atoms with Crippen molar-refractivity contribution in [1.29, 1.82) is 0 Å². The molecular formula is C17H20N4OS. The van der Waals surface area contributed by atoms with E-state index >= 15 is 0 Å². The fourth-order valence-electron chi connectivity index (χ4n) is 2.48. The Labute approximate surface area is 140 Å². The third kappa shape index (κ3) is 2.99. The molecule has 0 bridgehead atoms. The van der Waals surface area contributed by atoms with Crippen molar-refractivity contribution < 1.29 is 4.74 Å². The number of methoxy groups -OCH3 is 1. The summed E-state index contributed by atoms with van der Waals surface area (Å²) in [6.45, 7) is 2.12. The van der Waals surface area contributed by atoms with Gasteiger partial charge in [0.25, 0.3) is 0 Å². The second-order valence-electron chi connectivity index (χ2n) is 5.29. The Balaban J connectivity index is 2.12. The molecule has 0 amide bonds. The molecule has 2 aromatic heterocycles. The molecule has 0 radical (unpaired) electrons. The Kier molecular flexibility index (Phi) is 4.43. The number of imidazole rings is 1. The predicted octanol–water partition coefficient (Wildman–Crippen LogP) is 3.58. The monoisotopic (exact) mass is 328 g/mol. The van der Waals surface area contributed by atoms with Crippen molar-refractivity contribution in [3.63, 3.8) is 0 Å². The van der Waals surface area contributed by atoms with Gasteiger partial charge in [0, 0.05) is 38.1 Å². The maximum atomic E-state index is 5.52. The summed E-state index contributed by atoms with van der Waals surface area (Å²) in [5.41, 5.74) is 3.88. The summed E-state index contributed by atoms with van der Waals surface area (Å²) in [6, 6.07) is 8.15. The second kappa shape index (κ2) is 6.50. The molecule has 23 heavy (non-hydrogen) atoms. The fraction of sp³-hybridized carbons (Fsp3) is 0.294. The van der Waals surface area contributed by atoms with Crippen molar-refractivity contribution in [1.82, 2.24) is 14.4 Å². The molecule has 2 heterocycles. The topological polar surface area (TPSA) is 42.7 Å². The highest BCUT2D eigenvalue weighted by Crippen LogP contribution is 2.32. The highest BCUT2D eigenvalue weighted by molar-refractivity contribution is 7.99. The van der Waals surface area contributed by atoms with Gasteiger partial charge in [-0.05, 0) is 17.9 Å². The minimum Gasteiger partial charge on any atom is -0.495 e. The molecule has 0 aliphatic rings. The summed E-state index contributed by atoms with van der Waals surface area (Å²) in [5, 5.41) is 0.952. The van der Waals surface area contributed by atoms with E-state index in [1.165, 1.54) is 0 Å². The first kappa shape index (κ1) is 15.7. The molecule has 6 heteroatoms. The van der Waals surface area contributed by atoms with Crippen molar-refractivity contribution in [3.8, 4) is 17.0 Å². The van der Waals surface area contributed by atoms with Crippen molar-refractivity contribution in [3.05, 3.63) is 36.7 Å². The van der Waals surface area contributed by atoms with Crippen LogP contribution in [0.25, 0.3) is 16.9 Å². The Morgan fingerprint density at radius 2 is 2.09 bits per heavy atom. The molecule has 0 unspecified atom stereocenters. The number of rotatable bonds is 5. The fourth-order valence-corrected chi connectivity index (χ4v) is 3.19. The van der Waals surface area contributed by atoms with Crippen LogP contribution in [0.1, 0.15) is 6.92 Å². The Morgan fingerprint density at radius 3 is 2.78 bits per heavy atom. The van der Waals surface area contributed by atoms with E-state index in [9.17, 15) is 0 Å². The van der Waals surface area contributed by atoms with E-state index in [4.69, 9.17) is 9.72 Å². The van der Waals surface area contributed by atoms with Gasteiger partial charge in [-0.25, -0.2) is 9.97 Å². The van der Waals surface area contributed by atoms with E-state index in [0.29, 0.717) is 0 Å². The van der Waals surface area contributed by atoms with Gasteiger partial charge in [-0.3, -0.25) is 4.40 Å². The number of ether oxygens (including phenoxy) is 1. The third-order valence-electron chi connectivity index (χ3n) is 3.59. The summed E-state index contributed by atoms with van der Waals surface area (Å²) >= 11 is 1.71. The van der Waals surface area contributed by atoms with Crippen LogP contribution in [0.15, 0.2) is 41.8 Å². The standard InChI is InChI=1S/C17H20N4OS/c1-5-23-17-19-13(11-16-18-8-9-21(16)17)12-6-7-14(20(2)3)15(10-12)22-4/h6-11H,5H2,1-4H3. The van der Waals surface area contributed by atoms with Crippen LogP contribution in [-0.2, 0) is 0 Å². The zero-order chi connectivity index (χ0) is 16.4. The highest BCUT2D eigenvalue weighted by atomic mass is 32.2. The molecule has 3 rings (SSSR count). The lowest BCUT2D eigenvalue weighted by Crippen LogP contribution is -2.10. The molecule has 0 spiro atoms. The second-order valence-corrected chi connectivity index (χ2v) is 6.52. The molecule has 0 saturated heterocycles. The maximum absolute atomic E-state index is 5.52. The van der Waals surface area contributed by atoms with Gasteiger partial charge in [0.05, 0.1) is 18.5 Å². The van der Waals surface area contributed by atoms with E-state index in [-0.39, 0.29) is 0 Å². The predicted molar refractivity (Wildman–Crippen MR) is 95.7 cm³/mol. The van der Waals surface area contributed by atoms with E-state index in [2.05, 4.69) is 24.0 Å². The van der Waals surface area contributed by atoms with E-state index in [0.717, 1.165) is 39.3 Å². The average molecular weight is 328 g/mol. The van der Waals surface area contributed by atoms with Crippen molar-refractivity contribution in [2.75, 3.05) is 31.9 Å². The number of thioether (sulfide) groups is 1. The summed E-state index contributed by atoms with van der Waals surface area (Å²) in [4.78, 5) is 11.2. The summed E-state index contributed by atoms with van der Waals surface area (Å²) in [7, 11) is 5.69. The normalized spacial score (nSPS) is 11.0. The zero-order valence-electron chi connectivity index (χ0n) is 13.8. The van der Waals surface area contributed by atoms with Crippen LogP contribution in [0.4, 0.5) is 5.69 Å². The van der Waals surface area contributed by atoms with Gasteiger partial charge >= 0.3 is 0 Å². The Hall–Kier alpha value is -2.21. The van der Waals surface area contributed by atoms with E-state index in [1.54, 1.807) is 25.1 Å². The molecule has 0 aliphatic carbocycles. The van der Waals surface area contributed by atoms with Crippen molar-refractivity contribution >= 4 is 23.1 Å². The van der Waals surface area contributed by atoms with Gasteiger partial charge in [0.15, 0.2) is 5.16 Å². The first-order valence-corrected chi connectivity index (χ1v) is 8.45. The number of benzene rings is 1. The summed E-state index contributed by atoms with van der Waals surface area (Å²) < 4.78 is 7.54. The SMILES string of the molecule is CCSc1nc(-c2ccc(N(C)C)c(OC)c2)cc2nccn12. The quantitative estimate of drug-likeness (QED) is 0.529. The lowest BCUT2D eigenvalue weighted by Gasteiger charge is -2.17. The molecule has 0 atom stereocenters. The van der Waals surface area contributed by atoms with Crippen LogP contribution in [0.2, 0.25) is 0 Å². The lowest BCUT2D eigenvalue weighted by molar-refractivity contribution is 0.415. The third-order valence-corrected chi connectivity index (χ3v) is 4.42. The first-order valence-electron chi connectivity index (χ1n) is 7.46. The van der Waals surface area contributed by atoms with Crippen LogP contribution in [0.5, 0.6) is 5.75 Å². The lowest BCUT2D eigenvalue weighted by atomic mass is 10.1. The molecule has 0 aliphatic heterocycles. The smallest absolute Gasteiger partial charge is 0.174 e. The minimum atomic E-state index is 0.835. The zero-order valence-corrected chi connectivity index (χ0v) is 14.6. The highest BCUT2D eigenvalue weighted by Gasteiger charge is 2.12. The van der Waals surface area contributed by atoms with Crippen molar-refractivity contribution in [2.45, 2.75) is 12.1 Å². The van der Waals surface area contributed by atoms with Gasteiger partial charge in [-0.15, -0.1) is 0 Å². The molecule has 3 aromatic rings. The molecule has 0 saturated carbocycles. The Morgan fingerprint density at radius 1 is 1.26 bits per heavy atom. The maximum Gasteiger partial charge on any atom is 0.174 e. The van der Waals surface area contributed by atoms with Gasteiger partial charge < -0.3 is 9.64 Å². The molecule has 5 nitrogen and oxygen atoms in total. The molecule has 0 fully saturated rings. The number of hydrogen-bond acceptors (Lipinski definition) is 5. The van der Waals surface area contributed by atoms with Gasteiger partial charge in [-0.1, -0.05) is 24.8 Å².